The second kappa shape index (κ2) is 5.45. The van der Waals surface area contributed by atoms with Crippen LogP contribution in [0.4, 0.5) is 18.9 Å². The van der Waals surface area contributed by atoms with Crippen LogP contribution in [0.1, 0.15) is 24.0 Å². The molecular formula is C15H15F3N2O2. The molecule has 1 spiro atoms. The van der Waals surface area contributed by atoms with Gasteiger partial charge in [0.15, 0.2) is 5.79 Å². The second-order valence-corrected chi connectivity index (χ2v) is 5.47. The monoisotopic (exact) mass is 312 g/mol. The molecule has 0 aliphatic carbocycles. The molecule has 0 unspecified atom stereocenters. The van der Waals surface area contributed by atoms with E-state index < -0.39 is 17.5 Å². The Morgan fingerprint density at radius 3 is 2.59 bits per heavy atom. The molecule has 7 heteroatoms. The third-order valence-corrected chi connectivity index (χ3v) is 4.02. The van der Waals surface area contributed by atoms with Gasteiger partial charge in [-0.1, -0.05) is 0 Å². The summed E-state index contributed by atoms with van der Waals surface area (Å²) in [5.74, 6) is -0.687. The molecule has 118 valence electrons. The highest BCUT2D eigenvalue weighted by atomic mass is 19.4. The van der Waals surface area contributed by atoms with Crippen molar-refractivity contribution >= 4 is 5.69 Å². The van der Waals surface area contributed by atoms with Gasteiger partial charge in [0.25, 0.3) is 0 Å². The maximum Gasteiger partial charge on any atom is 0.416 e. The summed E-state index contributed by atoms with van der Waals surface area (Å²) in [5, 5.41) is 9.19. The summed E-state index contributed by atoms with van der Waals surface area (Å²) in [7, 11) is 0. The van der Waals surface area contributed by atoms with Gasteiger partial charge in [-0.15, -0.1) is 0 Å². The van der Waals surface area contributed by atoms with Crippen molar-refractivity contribution in [1.82, 2.24) is 0 Å². The minimum atomic E-state index is -4.45. The van der Waals surface area contributed by atoms with Crippen molar-refractivity contribution in [3.05, 3.63) is 29.3 Å². The normalized spacial score (nSPS) is 21.1. The number of piperidine rings is 1. The Bertz CT molecular complexity index is 604. The maximum absolute atomic E-state index is 12.8. The van der Waals surface area contributed by atoms with Crippen LogP contribution in [-0.4, -0.2) is 32.1 Å². The first-order valence-corrected chi connectivity index (χ1v) is 7.08. The van der Waals surface area contributed by atoms with E-state index in [-0.39, 0.29) is 5.56 Å². The Kier molecular flexibility index (Phi) is 3.75. The number of nitrogens with zero attached hydrogens (tertiary/aromatic N) is 2. The molecule has 0 aromatic heterocycles. The lowest BCUT2D eigenvalue weighted by atomic mass is 10.0. The zero-order valence-corrected chi connectivity index (χ0v) is 11.8. The highest BCUT2D eigenvalue weighted by molar-refractivity contribution is 5.61. The van der Waals surface area contributed by atoms with E-state index in [4.69, 9.17) is 9.47 Å². The smallest absolute Gasteiger partial charge is 0.365 e. The third-order valence-electron chi connectivity index (χ3n) is 4.02. The average Bonchev–Trinajstić information content (AvgIpc) is 2.93. The van der Waals surface area contributed by atoms with Crippen LogP contribution in [0.2, 0.25) is 0 Å². The van der Waals surface area contributed by atoms with E-state index in [1.807, 2.05) is 11.0 Å². The van der Waals surface area contributed by atoms with Crippen LogP contribution in [0.25, 0.3) is 0 Å². The largest absolute Gasteiger partial charge is 0.416 e. The molecule has 22 heavy (non-hydrogen) atoms. The van der Waals surface area contributed by atoms with Crippen LogP contribution in [0, 0.1) is 11.3 Å². The molecule has 0 radical (unpaired) electrons. The fraction of sp³-hybridized carbons (Fsp3) is 0.533. The summed E-state index contributed by atoms with van der Waals surface area (Å²) in [4.78, 5) is 1.87. The quantitative estimate of drug-likeness (QED) is 0.800. The number of benzene rings is 1. The van der Waals surface area contributed by atoms with E-state index in [0.29, 0.717) is 32.0 Å². The second-order valence-electron chi connectivity index (χ2n) is 5.47. The fourth-order valence-electron chi connectivity index (χ4n) is 3.00. The first kappa shape index (κ1) is 15.1. The number of hydrogen-bond donors (Lipinski definition) is 0. The first-order chi connectivity index (χ1) is 10.4. The number of alkyl halides is 3. The van der Waals surface area contributed by atoms with Crippen molar-refractivity contribution in [2.45, 2.75) is 24.8 Å². The molecular weight excluding hydrogens is 297 g/mol. The van der Waals surface area contributed by atoms with Crippen LogP contribution in [0.15, 0.2) is 18.2 Å². The lowest BCUT2D eigenvalue weighted by Gasteiger charge is -2.40. The van der Waals surface area contributed by atoms with Crippen LogP contribution in [0.5, 0.6) is 0 Å². The average molecular weight is 312 g/mol. The van der Waals surface area contributed by atoms with Crippen LogP contribution in [0.3, 0.4) is 0 Å². The minimum absolute atomic E-state index is 0.0184. The summed E-state index contributed by atoms with van der Waals surface area (Å²) >= 11 is 0. The van der Waals surface area contributed by atoms with E-state index in [9.17, 15) is 18.4 Å². The topological polar surface area (TPSA) is 45.5 Å². The molecule has 0 atom stereocenters. The molecule has 0 N–H and O–H groups in total. The number of anilines is 1. The molecule has 2 heterocycles. The minimum Gasteiger partial charge on any atom is -0.365 e. The van der Waals surface area contributed by atoms with Gasteiger partial charge in [-0.05, 0) is 24.6 Å². The van der Waals surface area contributed by atoms with Gasteiger partial charge in [0.05, 0.1) is 36.6 Å². The van der Waals surface area contributed by atoms with Crippen LogP contribution >= 0.6 is 0 Å². The summed E-state index contributed by atoms with van der Waals surface area (Å²) in [6, 6.07) is 5.12. The Hall–Kier alpha value is -1.78. The summed E-state index contributed by atoms with van der Waals surface area (Å²) in [5.41, 5.74) is -0.300. The van der Waals surface area contributed by atoms with Crippen molar-refractivity contribution in [2.75, 3.05) is 31.2 Å². The predicted molar refractivity (Wildman–Crippen MR) is 72.2 cm³/mol. The van der Waals surface area contributed by atoms with E-state index in [1.54, 1.807) is 0 Å². The standard InChI is InChI=1S/C15H15F3N2O2/c16-15(17,18)12-2-3-13(11(8-12)9-19)20-5-1-4-14(10-20)21-6-7-22-14/h2-3,8H,1,4-7,10H2. The Balaban J connectivity index is 1.89. The molecule has 2 fully saturated rings. The lowest BCUT2D eigenvalue weighted by Crippen LogP contribution is -2.49. The van der Waals surface area contributed by atoms with Crippen LogP contribution in [-0.2, 0) is 15.7 Å². The van der Waals surface area contributed by atoms with Crippen molar-refractivity contribution in [3.8, 4) is 6.07 Å². The van der Waals surface area contributed by atoms with E-state index in [2.05, 4.69) is 0 Å². The zero-order valence-electron chi connectivity index (χ0n) is 11.8. The van der Waals surface area contributed by atoms with Gasteiger partial charge in [-0.3, -0.25) is 0 Å². The highest BCUT2D eigenvalue weighted by Gasteiger charge is 2.41. The van der Waals surface area contributed by atoms with Gasteiger partial charge in [0.1, 0.15) is 6.07 Å². The molecule has 3 rings (SSSR count). The lowest BCUT2D eigenvalue weighted by molar-refractivity contribution is -0.161. The van der Waals surface area contributed by atoms with Gasteiger partial charge in [0, 0.05) is 13.0 Å². The Morgan fingerprint density at radius 2 is 1.95 bits per heavy atom. The molecule has 2 aliphatic heterocycles. The third kappa shape index (κ3) is 2.76. The van der Waals surface area contributed by atoms with Crippen molar-refractivity contribution in [1.29, 1.82) is 5.26 Å². The number of rotatable bonds is 1. The molecule has 0 amide bonds. The molecule has 0 bridgehead atoms. The predicted octanol–water partition coefficient (Wildman–Crippen LogP) is 2.92. The van der Waals surface area contributed by atoms with E-state index in [1.165, 1.54) is 6.07 Å². The zero-order chi connectivity index (χ0) is 15.8. The first-order valence-electron chi connectivity index (χ1n) is 7.08. The fourth-order valence-corrected chi connectivity index (χ4v) is 3.00. The molecule has 2 aliphatic rings. The number of nitriles is 1. The Morgan fingerprint density at radius 1 is 1.23 bits per heavy atom. The molecule has 4 nitrogen and oxygen atoms in total. The van der Waals surface area contributed by atoms with Gasteiger partial charge in [-0.25, -0.2) is 0 Å². The van der Waals surface area contributed by atoms with Gasteiger partial charge in [-0.2, -0.15) is 18.4 Å². The number of halogens is 3. The van der Waals surface area contributed by atoms with Crippen molar-refractivity contribution in [3.63, 3.8) is 0 Å². The van der Waals surface area contributed by atoms with Gasteiger partial charge >= 0.3 is 6.18 Å². The van der Waals surface area contributed by atoms with Gasteiger partial charge < -0.3 is 14.4 Å². The summed E-state index contributed by atoms with van der Waals surface area (Å²) in [6.07, 6.45) is -2.90. The van der Waals surface area contributed by atoms with Crippen molar-refractivity contribution in [2.24, 2.45) is 0 Å². The van der Waals surface area contributed by atoms with E-state index in [0.717, 1.165) is 25.0 Å². The summed E-state index contributed by atoms with van der Waals surface area (Å²) in [6.45, 7) is 2.12. The van der Waals surface area contributed by atoms with Crippen molar-refractivity contribution < 1.29 is 22.6 Å². The highest BCUT2D eigenvalue weighted by Crippen LogP contribution is 2.36. The van der Waals surface area contributed by atoms with Crippen LogP contribution < -0.4 is 4.90 Å². The van der Waals surface area contributed by atoms with E-state index >= 15 is 0 Å². The molecule has 2 saturated heterocycles. The Labute approximate surface area is 126 Å². The number of ether oxygens (including phenoxy) is 2. The summed E-state index contributed by atoms with van der Waals surface area (Å²) < 4.78 is 49.6. The molecule has 1 aromatic rings. The molecule has 1 aromatic carbocycles. The molecule has 0 saturated carbocycles. The maximum atomic E-state index is 12.8. The van der Waals surface area contributed by atoms with Gasteiger partial charge in [0.2, 0.25) is 0 Å². The number of hydrogen-bond acceptors (Lipinski definition) is 4. The SMILES string of the molecule is N#Cc1cc(C(F)(F)F)ccc1N1CCCC2(C1)OCCO2.